The number of ether oxygens (including phenoxy) is 1. The van der Waals surface area contributed by atoms with Crippen LogP contribution >= 0.6 is 15.9 Å². The minimum Gasteiger partial charge on any atom is -0.451 e. The Morgan fingerprint density at radius 2 is 1.69 bits per heavy atom. The Hall–Kier alpha value is -3.53. The number of amides is 2. The zero-order chi connectivity index (χ0) is 20.8. The monoisotopic (exact) mass is 457 g/mol. The van der Waals surface area contributed by atoms with Crippen molar-refractivity contribution in [3.05, 3.63) is 76.0 Å². The highest BCUT2D eigenvalue weighted by Crippen LogP contribution is 2.10. The Morgan fingerprint density at radius 1 is 1.00 bits per heavy atom. The molecule has 1 aromatic heterocycles. The van der Waals surface area contributed by atoms with Gasteiger partial charge in [-0.25, -0.2) is 4.79 Å². The van der Waals surface area contributed by atoms with Crippen molar-refractivity contribution in [1.29, 1.82) is 0 Å². The lowest BCUT2D eigenvalue weighted by Gasteiger charge is -2.07. The van der Waals surface area contributed by atoms with Crippen molar-refractivity contribution in [3.63, 3.8) is 0 Å². The van der Waals surface area contributed by atoms with E-state index in [0.29, 0.717) is 16.9 Å². The number of carbonyl (C=O) groups excluding carboxylic acids is 3. The number of nitrogens with zero attached hydrogens (tertiary/aromatic N) is 3. The third-order valence-corrected chi connectivity index (χ3v) is 4.25. The summed E-state index contributed by atoms with van der Waals surface area (Å²) in [6, 6.07) is 15.6. The van der Waals surface area contributed by atoms with Gasteiger partial charge in [0.25, 0.3) is 11.8 Å². The maximum atomic E-state index is 12.2. The van der Waals surface area contributed by atoms with Crippen LogP contribution in [0.1, 0.15) is 26.5 Å². The SMILES string of the molecule is Cc1nn(-c2ccccc2)nc1C(=O)OCC(=O)NNC(=O)c1ccc(Br)cc1. The molecule has 2 N–H and O–H groups in total. The van der Waals surface area contributed by atoms with Crippen molar-refractivity contribution in [2.75, 3.05) is 6.61 Å². The van der Waals surface area contributed by atoms with Crippen LogP contribution in [0.15, 0.2) is 59.1 Å². The van der Waals surface area contributed by atoms with Crippen molar-refractivity contribution < 1.29 is 19.1 Å². The van der Waals surface area contributed by atoms with Gasteiger partial charge >= 0.3 is 5.97 Å². The van der Waals surface area contributed by atoms with Gasteiger partial charge in [0.2, 0.25) is 0 Å². The van der Waals surface area contributed by atoms with Gasteiger partial charge in [0.05, 0.1) is 11.4 Å². The number of nitrogens with one attached hydrogen (secondary N) is 2. The molecule has 10 heteroatoms. The van der Waals surface area contributed by atoms with Gasteiger partial charge in [0.1, 0.15) is 0 Å². The standard InChI is InChI=1S/C19H16BrN5O4/c1-12-17(24-25(23-12)15-5-3-2-4-6-15)19(28)29-11-16(26)21-22-18(27)13-7-9-14(20)10-8-13/h2-10H,11H2,1H3,(H,21,26)(H,22,27). The van der Waals surface area contributed by atoms with Gasteiger partial charge in [-0.05, 0) is 43.3 Å². The molecule has 2 aromatic carbocycles. The maximum absolute atomic E-state index is 12.2. The van der Waals surface area contributed by atoms with E-state index in [2.05, 4.69) is 37.0 Å². The Morgan fingerprint density at radius 3 is 2.38 bits per heavy atom. The lowest BCUT2D eigenvalue weighted by atomic mass is 10.2. The van der Waals surface area contributed by atoms with E-state index in [1.165, 1.54) is 4.80 Å². The number of aromatic nitrogens is 3. The van der Waals surface area contributed by atoms with Crippen LogP contribution in [-0.4, -0.2) is 39.4 Å². The van der Waals surface area contributed by atoms with E-state index in [0.717, 1.165) is 4.47 Å². The highest BCUT2D eigenvalue weighted by atomic mass is 79.9. The number of carbonyl (C=O) groups is 3. The predicted molar refractivity (Wildman–Crippen MR) is 106 cm³/mol. The van der Waals surface area contributed by atoms with Crippen molar-refractivity contribution in [3.8, 4) is 5.69 Å². The highest BCUT2D eigenvalue weighted by molar-refractivity contribution is 9.10. The van der Waals surface area contributed by atoms with Gasteiger partial charge < -0.3 is 4.74 Å². The van der Waals surface area contributed by atoms with Crippen LogP contribution < -0.4 is 10.9 Å². The molecule has 0 aliphatic heterocycles. The first-order valence-electron chi connectivity index (χ1n) is 8.45. The van der Waals surface area contributed by atoms with Crippen LogP contribution in [0.5, 0.6) is 0 Å². The van der Waals surface area contributed by atoms with Crippen LogP contribution in [-0.2, 0) is 9.53 Å². The summed E-state index contributed by atoms with van der Waals surface area (Å²) >= 11 is 3.27. The molecule has 0 fully saturated rings. The van der Waals surface area contributed by atoms with Gasteiger partial charge in [-0.3, -0.25) is 20.4 Å². The summed E-state index contributed by atoms with van der Waals surface area (Å²) in [5.74, 6) is -1.99. The fourth-order valence-corrected chi connectivity index (χ4v) is 2.54. The van der Waals surface area contributed by atoms with E-state index in [-0.39, 0.29) is 5.69 Å². The number of hydrogen-bond donors (Lipinski definition) is 2. The lowest BCUT2D eigenvalue weighted by molar-refractivity contribution is -0.125. The van der Waals surface area contributed by atoms with Crippen LogP contribution in [0, 0.1) is 6.92 Å². The van der Waals surface area contributed by atoms with Crippen molar-refractivity contribution >= 4 is 33.7 Å². The highest BCUT2D eigenvalue weighted by Gasteiger charge is 2.19. The predicted octanol–water partition coefficient (Wildman–Crippen LogP) is 1.96. The minimum absolute atomic E-state index is 0.000510. The van der Waals surface area contributed by atoms with Gasteiger partial charge in [0.15, 0.2) is 12.3 Å². The summed E-state index contributed by atoms with van der Waals surface area (Å²) in [6.07, 6.45) is 0. The zero-order valence-electron chi connectivity index (χ0n) is 15.3. The molecule has 1 heterocycles. The quantitative estimate of drug-likeness (QED) is 0.446. The van der Waals surface area contributed by atoms with Crippen molar-refractivity contribution in [2.45, 2.75) is 6.92 Å². The number of halogens is 1. The summed E-state index contributed by atoms with van der Waals surface area (Å²) in [5.41, 5.74) is 5.83. The molecule has 0 aliphatic carbocycles. The molecule has 9 nitrogen and oxygen atoms in total. The second-order valence-electron chi connectivity index (χ2n) is 5.84. The van der Waals surface area contributed by atoms with Crippen LogP contribution in [0.25, 0.3) is 5.69 Å². The van der Waals surface area contributed by atoms with Gasteiger partial charge in [-0.2, -0.15) is 9.90 Å². The summed E-state index contributed by atoms with van der Waals surface area (Å²) in [6.45, 7) is 1.03. The first kappa shape index (κ1) is 20.2. The van der Waals surface area contributed by atoms with Gasteiger partial charge in [-0.15, -0.1) is 5.10 Å². The molecule has 0 unspecified atom stereocenters. The molecule has 0 atom stereocenters. The molecule has 3 aromatic rings. The molecule has 0 bridgehead atoms. The average Bonchev–Trinajstić information content (AvgIpc) is 3.13. The number of esters is 1. The Labute approximate surface area is 174 Å². The van der Waals surface area contributed by atoms with Crippen LogP contribution in [0.3, 0.4) is 0 Å². The van der Waals surface area contributed by atoms with Crippen LogP contribution in [0.4, 0.5) is 0 Å². The summed E-state index contributed by atoms with van der Waals surface area (Å²) in [4.78, 5) is 37.3. The summed E-state index contributed by atoms with van der Waals surface area (Å²) in [5, 5.41) is 8.28. The third kappa shape index (κ3) is 5.26. The first-order chi connectivity index (χ1) is 13.9. The van der Waals surface area contributed by atoms with E-state index in [4.69, 9.17) is 4.74 Å². The zero-order valence-corrected chi connectivity index (χ0v) is 16.8. The van der Waals surface area contributed by atoms with Crippen molar-refractivity contribution in [2.24, 2.45) is 0 Å². The molecule has 0 radical (unpaired) electrons. The van der Waals surface area contributed by atoms with E-state index in [1.807, 2.05) is 18.2 Å². The van der Waals surface area contributed by atoms with E-state index in [1.54, 1.807) is 43.3 Å². The van der Waals surface area contributed by atoms with E-state index >= 15 is 0 Å². The molecule has 0 saturated heterocycles. The van der Waals surface area contributed by atoms with Gasteiger partial charge in [-0.1, -0.05) is 34.1 Å². The number of aryl methyl sites for hydroxylation is 1. The minimum atomic E-state index is -0.793. The normalized spacial score (nSPS) is 10.3. The number of hydrazine groups is 1. The van der Waals surface area contributed by atoms with Gasteiger partial charge in [0, 0.05) is 10.0 Å². The lowest BCUT2D eigenvalue weighted by Crippen LogP contribution is -2.43. The molecule has 29 heavy (non-hydrogen) atoms. The molecule has 0 aliphatic rings. The first-order valence-corrected chi connectivity index (χ1v) is 9.24. The molecular formula is C19H16BrN5O4. The summed E-state index contributed by atoms with van der Waals surface area (Å²) < 4.78 is 5.77. The van der Waals surface area contributed by atoms with Crippen LogP contribution in [0.2, 0.25) is 0 Å². The Kier molecular flexibility index (Phi) is 6.35. The molecule has 3 rings (SSSR count). The smallest absolute Gasteiger partial charge is 0.361 e. The number of benzene rings is 2. The second-order valence-corrected chi connectivity index (χ2v) is 6.76. The molecule has 0 saturated carbocycles. The number of hydrogen-bond acceptors (Lipinski definition) is 6. The fourth-order valence-electron chi connectivity index (χ4n) is 2.28. The molecule has 148 valence electrons. The maximum Gasteiger partial charge on any atom is 0.361 e. The topological polar surface area (TPSA) is 115 Å². The fraction of sp³-hybridized carbons (Fsp3) is 0.105. The number of rotatable bonds is 5. The molecule has 2 amide bonds. The average molecular weight is 458 g/mol. The number of para-hydroxylation sites is 1. The van der Waals surface area contributed by atoms with Crippen molar-refractivity contribution in [1.82, 2.24) is 25.8 Å². The Bertz CT molecular complexity index is 1030. The van der Waals surface area contributed by atoms with E-state index in [9.17, 15) is 14.4 Å². The third-order valence-electron chi connectivity index (χ3n) is 3.72. The molecule has 0 spiro atoms. The van der Waals surface area contributed by atoms with E-state index < -0.39 is 24.4 Å². The largest absolute Gasteiger partial charge is 0.451 e. The second kappa shape index (κ2) is 9.11. The Balaban J connectivity index is 1.51. The summed E-state index contributed by atoms with van der Waals surface area (Å²) in [7, 11) is 0. The molecular weight excluding hydrogens is 442 g/mol.